The van der Waals surface area contributed by atoms with Crippen molar-refractivity contribution < 1.29 is 4.39 Å². The number of unbranched alkanes of at least 4 members (excludes halogenated alkanes) is 1. The van der Waals surface area contributed by atoms with Crippen molar-refractivity contribution in [2.24, 2.45) is 0 Å². The van der Waals surface area contributed by atoms with E-state index in [1.807, 2.05) is 23.9 Å². The van der Waals surface area contributed by atoms with Gasteiger partial charge >= 0.3 is 0 Å². The Morgan fingerprint density at radius 2 is 1.94 bits per heavy atom. The molecule has 102 valence electrons. The molecule has 0 spiro atoms. The summed E-state index contributed by atoms with van der Waals surface area (Å²) in [4.78, 5) is 0. The third-order valence-corrected chi connectivity index (χ3v) is 3.73. The van der Waals surface area contributed by atoms with Gasteiger partial charge in [-0.15, -0.1) is 0 Å². The van der Waals surface area contributed by atoms with Gasteiger partial charge in [0, 0.05) is 6.04 Å². The first-order valence-electron chi connectivity index (χ1n) is 6.75. The number of halogens is 1. The van der Waals surface area contributed by atoms with Crippen molar-refractivity contribution in [3.63, 3.8) is 0 Å². The SMILES string of the molecule is CCCCC(NCCCSC)c1ccc(F)cc1. The van der Waals surface area contributed by atoms with Gasteiger partial charge in [-0.25, -0.2) is 4.39 Å². The molecule has 1 aromatic rings. The van der Waals surface area contributed by atoms with E-state index in [1.165, 1.54) is 30.6 Å². The molecule has 0 saturated heterocycles. The summed E-state index contributed by atoms with van der Waals surface area (Å²) in [6.07, 6.45) is 6.85. The summed E-state index contributed by atoms with van der Waals surface area (Å²) < 4.78 is 12.9. The van der Waals surface area contributed by atoms with E-state index < -0.39 is 0 Å². The lowest BCUT2D eigenvalue weighted by Crippen LogP contribution is -2.23. The number of thioether (sulfide) groups is 1. The van der Waals surface area contributed by atoms with Gasteiger partial charge in [0.1, 0.15) is 5.82 Å². The Morgan fingerprint density at radius 3 is 2.56 bits per heavy atom. The minimum atomic E-state index is -0.157. The summed E-state index contributed by atoms with van der Waals surface area (Å²) in [6.45, 7) is 3.24. The molecule has 0 aromatic heterocycles. The maximum atomic E-state index is 12.9. The lowest BCUT2D eigenvalue weighted by atomic mass is 10.0. The van der Waals surface area contributed by atoms with Gasteiger partial charge in [0.15, 0.2) is 0 Å². The van der Waals surface area contributed by atoms with Crippen LogP contribution in [0, 0.1) is 5.82 Å². The van der Waals surface area contributed by atoms with Crippen molar-refractivity contribution in [2.45, 2.75) is 38.6 Å². The van der Waals surface area contributed by atoms with Gasteiger partial charge in [-0.3, -0.25) is 0 Å². The zero-order valence-electron chi connectivity index (χ0n) is 11.4. The van der Waals surface area contributed by atoms with Crippen molar-refractivity contribution in [2.75, 3.05) is 18.6 Å². The molecule has 18 heavy (non-hydrogen) atoms. The molecule has 1 nitrogen and oxygen atoms in total. The van der Waals surface area contributed by atoms with Crippen LogP contribution in [0.15, 0.2) is 24.3 Å². The van der Waals surface area contributed by atoms with E-state index in [0.29, 0.717) is 6.04 Å². The van der Waals surface area contributed by atoms with Crippen LogP contribution < -0.4 is 5.32 Å². The molecule has 0 aliphatic carbocycles. The van der Waals surface area contributed by atoms with E-state index in [1.54, 1.807) is 12.1 Å². The average molecular weight is 269 g/mol. The largest absolute Gasteiger partial charge is 0.310 e. The Morgan fingerprint density at radius 1 is 1.22 bits per heavy atom. The lowest BCUT2D eigenvalue weighted by Gasteiger charge is -2.19. The fourth-order valence-corrected chi connectivity index (χ4v) is 2.42. The predicted molar refractivity (Wildman–Crippen MR) is 79.7 cm³/mol. The van der Waals surface area contributed by atoms with Crippen LogP contribution in [0.5, 0.6) is 0 Å². The van der Waals surface area contributed by atoms with Gasteiger partial charge < -0.3 is 5.32 Å². The van der Waals surface area contributed by atoms with Gasteiger partial charge in [0.2, 0.25) is 0 Å². The van der Waals surface area contributed by atoms with Crippen LogP contribution >= 0.6 is 11.8 Å². The minimum Gasteiger partial charge on any atom is -0.310 e. The van der Waals surface area contributed by atoms with Gasteiger partial charge in [-0.2, -0.15) is 11.8 Å². The van der Waals surface area contributed by atoms with Crippen molar-refractivity contribution in [3.05, 3.63) is 35.6 Å². The lowest BCUT2D eigenvalue weighted by molar-refractivity contribution is 0.481. The van der Waals surface area contributed by atoms with Crippen molar-refractivity contribution >= 4 is 11.8 Å². The predicted octanol–water partition coefficient (Wildman–Crippen LogP) is 4.40. The zero-order valence-corrected chi connectivity index (χ0v) is 12.2. The summed E-state index contributed by atoms with van der Waals surface area (Å²) in [5.74, 6) is 1.03. The van der Waals surface area contributed by atoms with Crippen LogP contribution in [0.25, 0.3) is 0 Å². The van der Waals surface area contributed by atoms with Crippen molar-refractivity contribution in [1.29, 1.82) is 0 Å². The minimum absolute atomic E-state index is 0.157. The Hall–Kier alpha value is -0.540. The molecule has 0 saturated carbocycles. The third kappa shape index (κ3) is 5.87. The Kier molecular flexibility index (Phi) is 8.10. The van der Waals surface area contributed by atoms with Crippen LogP contribution in [-0.4, -0.2) is 18.6 Å². The Labute approximate surface area is 115 Å². The molecule has 0 radical (unpaired) electrons. The second-order valence-corrected chi connectivity index (χ2v) is 5.53. The molecule has 0 fully saturated rings. The van der Waals surface area contributed by atoms with Crippen molar-refractivity contribution in [3.8, 4) is 0 Å². The maximum Gasteiger partial charge on any atom is 0.123 e. The highest BCUT2D eigenvalue weighted by atomic mass is 32.2. The maximum absolute atomic E-state index is 12.9. The molecule has 0 heterocycles. The smallest absolute Gasteiger partial charge is 0.123 e. The Balaban J connectivity index is 2.51. The van der Waals surface area contributed by atoms with Gasteiger partial charge in [0.05, 0.1) is 0 Å². The number of rotatable bonds is 9. The highest BCUT2D eigenvalue weighted by molar-refractivity contribution is 7.98. The van der Waals surface area contributed by atoms with Crippen LogP contribution in [0.4, 0.5) is 4.39 Å². The molecule has 1 rings (SSSR count). The zero-order chi connectivity index (χ0) is 13.2. The topological polar surface area (TPSA) is 12.0 Å². The van der Waals surface area contributed by atoms with Crippen LogP contribution in [0.3, 0.4) is 0 Å². The first-order chi connectivity index (χ1) is 8.77. The third-order valence-electron chi connectivity index (χ3n) is 3.03. The van der Waals surface area contributed by atoms with E-state index in [4.69, 9.17) is 0 Å². The summed E-state index contributed by atoms with van der Waals surface area (Å²) in [6, 6.07) is 7.27. The monoisotopic (exact) mass is 269 g/mol. The number of hydrogen-bond donors (Lipinski definition) is 1. The van der Waals surface area contributed by atoms with Gasteiger partial charge in [0.25, 0.3) is 0 Å². The fourth-order valence-electron chi connectivity index (χ4n) is 1.98. The first-order valence-corrected chi connectivity index (χ1v) is 8.15. The summed E-state index contributed by atoms with van der Waals surface area (Å²) in [5, 5.41) is 3.59. The molecule has 1 atom stereocenters. The summed E-state index contributed by atoms with van der Waals surface area (Å²) in [7, 11) is 0. The van der Waals surface area contributed by atoms with Gasteiger partial charge in [-0.05, 0) is 49.1 Å². The quantitative estimate of drug-likeness (QED) is 0.667. The molecular weight excluding hydrogens is 245 g/mol. The highest BCUT2D eigenvalue weighted by Gasteiger charge is 2.09. The van der Waals surface area contributed by atoms with E-state index in [-0.39, 0.29) is 5.82 Å². The molecule has 1 N–H and O–H groups in total. The van der Waals surface area contributed by atoms with Crippen LogP contribution in [0.2, 0.25) is 0 Å². The van der Waals surface area contributed by atoms with Crippen LogP contribution in [0.1, 0.15) is 44.2 Å². The van der Waals surface area contributed by atoms with Gasteiger partial charge in [-0.1, -0.05) is 31.9 Å². The first kappa shape index (κ1) is 15.5. The molecule has 0 aliphatic rings. The van der Waals surface area contributed by atoms with E-state index in [2.05, 4.69) is 18.5 Å². The normalized spacial score (nSPS) is 12.6. The average Bonchev–Trinajstić information content (AvgIpc) is 2.39. The standard InChI is InChI=1S/C15H24FNS/c1-3-4-6-15(17-11-5-12-18-2)13-7-9-14(16)10-8-13/h7-10,15,17H,3-6,11-12H2,1-2H3. The fraction of sp³-hybridized carbons (Fsp3) is 0.600. The Bertz CT molecular complexity index is 313. The van der Waals surface area contributed by atoms with Crippen LogP contribution in [-0.2, 0) is 0 Å². The van der Waals surface area contributed by atoms with E-state index >= 15 is 0 Å². The molecule has 3 heteroatoms. The molecule has 0 amide bonds. The second-order valence-electron chi connectivity index (χ2n) is 4.55. The second kappa shape index (κ2) is 9.40. The van der Waals surface area contributed by atoms with E-state index in [0.717, 1.165) is 13.0 Å². The summed E-state index contributed by atoms with van der Waals surface area (Å²) in [5.41, 5.74) is 1.20. The van der Waals surface area contributed by atoms with Crippen molar-refractivity contribution in [1.82, 2.24) is 5.32 Å². The molecular formula is C15H24FNS. The number of benzene rings is 1. The molecule has 1 unspecified atom stereocenters. The summed E-state index contributed by atoms with van der Waals surface area (Å²) >= 11 is 1.88. The highest BCUT2D eigenvalue weighted by Crippen LogP contribution is 2.19. The molecule has 1 aromatic carbocycles. The van der Waals surface area contributed by atoms with E-state index in [9.17, 15) is 4.39 Å². The molecule has 0 bridgehead atoms. The number of hydrogen-bond acceptors (Lipinski definition) is 2. The number of nitrogens with one attached hydrogen (secondary N) is 1. The molecule has 0 aliphatic heterocycles.